The van der Waals surface area contributed by atoms with Crippen LogP contribution in [0.2, 0.25) is 0 Å². The zero-order chi connectivity index (χ0) is 37.0. The van der Waals surface area contributed by atoms with E-state index in [1.165, 1.54) is 0 Å². The first kappa shape index (κ1) is 38.9. The maximum atomic E-state index is 13.1. The number of benzene rings is 4. The summed E-state index contributed by atoms with van der Waals surface area (Å²) in [6, 6.07) is 33.5. The van der Waals surface area contributed by atoms with Gasteiger partial charge in [-0.25, -0.2) is 0 Å². The molecule has 0 saturated heterocycles. The van der Waals surface area contributed by atoms with Crippen LogP contribution in [-0.4, -0.2) is 45.5 Å². The summed E-state index contributed by atoms with van der Waals surface area (Å²) in [5.74, 6) is -3.15. The van der Waals surface area contributed by atoms with E-state index in [4.69, 9.17) is 0 Å². The van der Waals surface area contributed by atoms with Crippen LogP contribution < -0.4 is 10.9 Å². The van der Waals surface area contributed by atoms with Crippen LogP contribution in [0.25, 0.3) is 0 Å². The molecule has 0 fully saturated rings. The molecule has 0 bridgehead atoms. The zero-order valence-electron chi connectivity index (χ0n) is 29.4. The quantitative estimate of drug-likeness (QED) is 0.0659. The summed E-state index contributed by atoms with van der Waals surface area (Å²) in [4.78, 5) is 77.9. The lowest BCUT2D eigenvalue weighted by atomic mass is 10.0. The molecule has 0 aliphatic carbocycles. The highest BCUT2D eigenvalue weighted by molar-refractivity contribution is 6.12. The lowest BCUT2D eigenvalue weighted by Crippen LogP contribution is -2.49. The lowest BCUT2D eigenvalue weighted by Gasteiger charge is -2.21. The van der Waals surface area contributed by atoms with Gasteiger partial charge in [-0.3, -0.25) is 39.6 Å². The number of imide groups is 2. The Morgan fingerprint density at radius 2 is 0.538 bits per heavy atom. The van der Waals surface area contributed by atoms with Crippen molar-refractivity contribution in [3.63, 3.8) is 0 Å². The van der Waals surface area contributed by atoms with E-state index in [9.17, 15) is 28.8 Å². The third-order valence-corrected chi connectivity index (χ3v) is 8.43. The Kier molecular flexibility index (Phi) is 16.0. The minimum atomic E-state index is -0.594. The number of nitrogens with zero attached hydrogens (tertiary/aromatic N) is 2. The Hall–Kier alpha value is -5.90. The van der Waals surface area contributed by atoms with E-state index in [1.807, 2.05) is 0 Å². The summed E-state index contributed by atoms with van der Waals surface area (Å²) in [6.07, 6.45) is 9.57. The predicted octanol–water partition coefficient (Wildman–Crippen LogP) is 7.70. The second-order valence-electron chi connectivity index (χ2n) is 12.5. The fraction of sp³-hybridized carbons (Fsp3) is 0.286. The molecule has 10 nitrogen and oxygen atoms in total. The van der Waals surface area contributed by atoms with Crippen LogP contribution in [-0.2, 0) is 9.59 Å². The van der Waals surface area contributed by atoms with E-state index in [0.717, 1.165) is 61.4 Å². The van der Waals surface area contributed by atoms with Gasteiger partial charge < -0.3 is 0 Å². The predicted molar refractivity (Wildman–Crippen MR) is 198 cm³/mol. The van der Waals surface area contributed by atoms with Crippen molar-refractivity contribution in [1.82, 2.24) is 20.9 Å². The van der Waals surface area contributed by atoms with Crippen molar-refractivity contribution >= 4 is 35.4 Å². The van der Waals surface area contributed by atoms with Crippen molar-refractivity contribution in [3.05, 3.63) is 144 Å². The van der Waals surface area contributed by atoms with Gasteiger partial charge in [0.05, 0.1) is 0 Å². The number of carbonyl (C=O) groups is 6. The first-order valence-corrected chi connectivity index (χ1v) is 17.9. The van der Waals surface area contributed by atoms with Gasteiger partial charge in [0, 0.05) is 35.1 Å². The molecule has 2 N–H and O–H groups in total. The molecule has 0 saturated carbocycles. The highest BCUT2D eigenvalue weighted by atomic mass is 16.2. The lowest BCUT2D eigenvalue weighted by molar-refractivity contribution is -0.125. The minimum Gasteiger partial charge on any atom is -0.273 e. The maximum absolute atomic E-state index is 13.1. The van der Waals surface area contributed by atoms with Crippen LogP contribution in [0.1, 0.15) is 118 Å². The van der Waals surface area contributed by atoms with Gasteiger partial charge in [0.1, 0.15) is 0 Å². The molecule has 0 aromatic heterocycles. The molecule has 0 aliphatic heterocycles. The molecular weight excluding hydrogens is 656 g/mol. The molecule has 0 heterocycles. The van der Waals surface area contributed by atoms with Gasteiger partial charge in [0.25, 0.3) is 23.6 Å². The summed E-state index contributed by atoms with van der Waals surface area (Å²) >= 11 is 0. The van der Waals surface area contributed by atoms with E-state index < -0.39 is 23.6 Å². The molecule has 0 spiro atoms. The third kappa shape index (κ3) is 12.5. The van der Waals surface area contributed by atoms with Crippen LogP contribution in [0, 0.1) is 0 Å². The Bertz CT molecular complexity index is 1520. The van der Waals surface area contributed by atoms with Crippen molar-refractivity contribution < 1.29 is 28.8 Å². The minimum absolute atomic E-state index is 0.201. The Labute approximate surface area is 305 Å². The molecule has 4 aromatic carbocycles. The molecule has 4 rings (SSSR count). The molecule has 270 valence electrons. The van der Waals surface area contributed by atoms with E-state index in [1.54, 1.807) is 121 Å². The number of carbonyl (C=O) groups excluding carboxylic acids is 6. The Balaban J connectivity index is 1.08. The van der Waals surface area contributed by atoms with Gasteiger partial charge in [-0.2, -0.15) is 10.0 Å². The normalized spacial score (nSPS) is 10.5. The van der Waals surface area contributed by atoms with Crippen LogP contribution in [0.4, 0.5) is 0 Å². The fourth-order valence-electron chi connectivity index (χ4n) is 5.57. The summed E-state index contributed by atoms with van der Waals surface area (Å²) in [5, 5.41) is 1.60. The van der Waals surface area contributed by atoms with Gasteiger partial charge >= 0.3 is 0 Å². The monoisotopic (exact) mass is 702 g/mol. The molecule has 4 aromatic rings. The van der Waals surface area contributed by atoms with Crippen molar-refractivity contribution in [2.75, 3.05) is 0 Å². The third-order valence-electron chi connectivity index (χ3n) is 8.43. The van der Waals surface area contributed by atoms with Crippen molar-refractivity contribution in [2.24, 2.45) is 0 Å². The molecule has 10 heteroatoms. The van der Waals surface area contributed by atoms with Crippen LogP contribution >= 0.6 is 0 Å². The van der Waals surface area contributed by atoms with Crippen LogP contribution in [0.15, 0.2) is 121 Å². The molecule has 0 atom stereocenters. The van der Waals surface area contributed by atoms with E-state index in [-0.39, 0.29) is 24.7 Å². The SMILES string of the molecule is O=C(CCCCCCCCCCCCC(=O)NN(C(=O)c1ccccc1)C(=O)c1ccccc1)NN(C(=O)c1ccccc1)C(=O)c1ccccc1. The molecule has 0 radical (unpaired) electrons. The Morgan fingerprint density at radius 1 is 0.327 bits per heavy atom. The maximum Gasteiger partial charge on any atom is 0.279 e. The second kappa shape index (κ2) is 21.3. The number of rotatable bonds is 17. The Morgan fingerprint density at radius 3 is 0.769 bits per heavy atom. The van der Waals surface area contributed by atoms with Crippen molar-refractivity contribution in [2.45, 2.75) is 77.0 Å². The van der Waals surface area contributed by atoms with Gasteiger partial charge in [-0.05, 0) is 61.4 Å². The molecule has 0 unspecified atom stereocenters. The van der Waals surface area contributed by atoms with Crippen molar-refractivity contribution in [3.8, 4) is 0 Å². The highest BCUT2D eigenvalue weighted by Gasteiger charge is 2.27. The standard InChI is InChI=1S/C42H46N4O6/c47-37(43-45(39(49)33-23-13-9-14-24-33)40(50)34-25-15-10-16-26-34)31-21-7-5-3-1-2-4-6-8-22-32-38(48)44-46(41(51)35-27-17-11-18-28-35)42(52)36-29-19-12-20-30-36/h9-20,23-30H,1-8,21-22,31-32H2,(H,43,47)(H,44,48). The molecule has 0 aliphatic rings. The van der Waals surface area contributed by atoms with Gasteiger partial charge in [0.2, 0.25) is 11.8 Å². The summed E-state index contributed by atoms with van der Waals surface area (Å²) < 4.78 is 0. The zero-order valence-corrected chi connectivity index (χ0v) is 29.4. The second-order valence-corrected chi connectivity index (χ2v) is 12.5. The van der Waals surface area contributed by atoms with Gasteiger partial charge in [-0.1, -0.05) is 124 Å². The molecular formula is C42H46N4O6. The first-order valence-electron chi connectivity index (χ1n) is 17.9. The number of hydrogen-bond acceptors (Lipinski definition) is 6. The average Bonchev–Trinajstić information content (AvgIpc) is 3.19. The van der Waals surface area contributed by atoms with E-state index in [0.29, 0.717) is 35.1 Å². The number of hydrogen-bond donors (Lipinski definition) is 2. The van der Waals surface area contributed by atoms with Crippen LogP contribution in [0.3, 0.4) is 0 Å². The highest BCUT2D eigenvalue weighted by Crippen LogP contribution is 2.14. The molecule has 52 heavy (non-hydrogen) atoms. The van der Waals surface area contributed by atoms with Crippen molar-refractivity contribution in [1.29, 1.82) is 0 Å². The fourth-order valence-corrected chi connectivity index (χ4v) is 5.57. The number of hydrazine groups is 2. The van der Waals surface area contributed by atoms with E-state index >= 15 is 0 Å². The smallest absolute Gasteiger partial charge is 0.273 e. The first-order chi connectivity index (χ1) is 25.3. The largest absolute Gasteiger partial charge is 0.279 e. The number of amides is 6. The number of nitrogens with one attached hydrogen (secondary N) is 2. The summed E-state index contributed by atoms with van der Waals surface area (Å²) in [5.41, 5.74) is 6.25. The topological polar surface area (TPSA) is 133 Å². The molecule has 6 amide bonds. The van der Waals surface area contributed by atoms with E-state index in [2.05, 4.69) is 10.9 Å². The van der Waals surface area contributed by atoms with Crippen LogP contribution in [0.5, 0.6) is 0 Å². The summed E-state index contributed by atoms with van der Waals surface area (Å²) in [7, 11) is 0. The van der Waals surface area contributed by atoms with Gasteiger partial charge in [0.15, 0.2) is 0 Å². The van der Waals surface area contributed by atoms with Gasteiger partial charge in [-0.15, -0.1) is 0 Å². The number of unbranched alkanes of at least 4 members (excludes halogenated alkanes) is 9. The average molecular weight is 703 g/mol. The summed E-state index contributed by atoms with van der Waals surface area (Å²) in [6.45, 7) is 0.